The Labute approximate surface area is 137 Å². The van der Waals surface area contributed by atoms with Crippen molar-refractivity contribution in [2.24, 2.45) is 0 Å². The number of hydrogen-bond donors (Lipinski definition) is 1. The standard InChI is InChI=1S/C14H19ClF3N3O2/c1-8(10-4-3-7-23-10)19-11(22)5-6-21-9(2)12(15)13(20-21)14(16,17)18/h8,10H,3-7H2,1-2H3,(H,19,22). The summed E-state index contributed by atoms with van der Waals surface area (Å²) in [5.41, 5.74) is -0.927. The highest BCUT2D eigenvalue weighted by Crippen LogP contribution is 2.35. The van der Waals surface area contributed by atoms with Crippen LogP contribution in [0.25, 0.3) is 0 Å². The number of alkyl halides is 3. The van der Waals surface area contributed by atoms with Crippen molar-refractivity contribution in [2.75, 3.05) is 6.61 Å². The molecule has 0 aromatic carbocycles. The van der Waals surface area contributed by atoms with E-state index in [9.17, 15) is 18.0 Å². The van der Waals surface area contributed by atoms with E-state index in [-0.39, 0.29) is 36.7 Å². The summed E-state index contributed by atoms with van der Waals surface area (Å²) in [5.74, 6) is -0.257. The zero-order valence-corrected chi connectivity index (χ0v) is 13.7. The molecule has 0 bridgehead atoms. The van der Waals surface area contributed by atoms with Gasteiger partial charge in [-0.1, -0.05) is 11.6 Å². The van der Waals surface area contributed by atoms with Gasteiger partial charge in [0.25, 0.3) is 0 Å². The smallest absolute Gasteiger partial charge is 0.376 e. The van der Waals surface area contributed by atoms with Crippen LogP contribution in [0.15, 0.2) is 0 Å². The average molecular weight is 354 g/mol. The second-order valence-corrected chi connectivity index (χ2v) is 6.00. The summed E-state index contributed by atoms with van der Waals surface area (Å²) in [6, 6.07) is -0.127. The monoisotopic (exact) mass is 353 g/mol. The lowest BCUT2D eigenvalue weighted by Gasteiger charge is -2.20. The van der Waals surface area contributed by atoms with Gasteiger partial charge in [-0.05, 0) is 26.7 Å². The van der Waals surface area contributed by atoms with Crippen molar-refractivity contribution >= 4 is 17.5 Å². The molecule has 1 aliphatic heterocycles. The van der Waals surface area contributed by atoms with Gasteiger partial charge in [-0.2, -0.15) is 18.3 Å². The van der Waals surface area contributed by atoms with Gasteiger partial charge in [-0.25, -0.2) is 0 Å². The molecular formula is C14H19ClF3N3O2. The van der Waals surface area contributed by atoms with E-state index in [2.05, 4.69) is 10.4 Å². The minimum absolute atomic E-state index is 0.00309. The first-order valence-corrected chi connectivity index (χ1v) is 7.79. The second kappa shape index (κ2) is 7.09. The first-order valence-electron chi connectivity index (χ1n) is 7.41. The molecule has 9 heteroatoms. The summed E-state index contributed by atoms with van der Waals surface area (Å²) in [6.45, 7) is 4.02. The lowest BCUT2D eigenvalue weighted by atomic mass is 10.1. The van der Waals surface area contributed by atoms with Crippen molar-refractivity contribution in [1.29, 1.82) is 0 Å². The predicted molar refractivity (Wildman–Crippen MR) is 78.2 cm³/mol. The van der Waals surface area contributed by atoms with Crippen molar-refractivity contribution in [3.63, 3.8) is 0 Å². The summed E-state index contributed by atoms with van der Waals surface area (Å²) in [6.07, 6.45) is -2.73. The highest BCUT2D eigenvalue weighted by atomic mass is 35.5. The predicted octanol–water partition coefficient (Wildman–Crippen LogP) is 2.94. The number of ether oxygens (including phenoxy) is 1. The molecule has 130 valence electrons. The van der Waals surface area contributed by atoms with Crippen molar-refractivity contribution in [2.45, 2.75) is 58.0 Å². The summed E-state index contributed by atoms with van der Waals surface area (Å²) >= 11 is 5.66. The molecule has 0 saturated carbocycles. The summed E-state index contributed by atoms with van der Waals surface area (Å²) in [5, 5.41) is 5.84. The molecule has 2 rings (SSSR count). The van der Waals surface area contributed by atoms with Crippen LogP contribution in [0.2, 0.25) is 5.02 Å². The van der Waals surface area contributed by atoms with E-state index in [0.717, 1.165) is 17.5 Å². The van der Waals surface area contributed by atoms with E-state index in [4.69, 9.17) is 16.3 Å². The Kier molecular flexibility index (Phi) is 5.57. The first-order chi connectivity index (χ1) is 10.7. The molecule has 1 amide bonds. The molecule has 5 nitrogen and oxygen atoms in total. The number of amides is 1. The van der Waals surface area contributed by atoms with Gasteiger partial charge in [0.1, 0.15) is 0 Å². The molecule has 1 N–H and O–H groups in total. The molecule has 2 unspecified atom stereocenters. The van der Waals surface area contributed by atoms with Crippen LogP contribution in [0.5, 0.6) is 0 Å². The third kappa shape index (κ3) is 4.38. The number of carbonyl (C=O) groups excluding carboxylic acids is 1. The Morgan fingerprint density at radius 3 is 2.78 bits per heavy atom. The van der Waals surface area contributed by atoms with E-state index in [0.29, 0.717) is 6.61 Å². The number of rotatable bonds is 5. The fourth-order valence-corrected chi connectivity index (χ4v) is 2.79. The molecule has 1 fully saturated rings. The largest absolute Gasteiger partial charge is 0.436 e. The Morgan fingerprint density at radius 1 is 1.57 bits per heavy atom. The third-order valence-corrected chi connectivity index (χ3v) is 4.32. The highest BCUT2D eigenvalue weighted by Gasteiger charge is 2.38. The molecule has 1 aromatic heterocycles. The molecule has 0 aliphatic carbocycles. The topological polar surface area (TPSA) is 56.2 Å². The number of nitrogens with one attached hydrogen (secondary N) is 1. The molecule has 23 heavy (non-hydrogen) atoms. The van der Waals surface area contributed by atoms with E-state index in [1.165, 1.54) is 6.92 Å². The molecular weight excluding hydrogens is 335 g/mol. The van der Waals surface area contributed by atoms with Crippen LogP contribution in [0.3, 0.4) is 0 Å². The molecule has 0 spiro atoms. The average Bonchev–Trinajstić information content (AvgIpc) is 3.07. The van der Waals surface area contributed by atoms with Gasteiger partial charge in [0.15, 0.2) is 5.69 Å². The Bertz CT molecular complexity index is 568. The Hall–Kier alpha value is -1.28. The minimum Gasteiger partial charge on any atom is -0.376 e. The van der Waals surface area contributed by atoms with Crippen LogP contribution in [0.1, 0.15) is 37.6 Å². The summed E-state index contributed by atoms with van der Waals surface area (Å²) in [4.78, 5) is 11.9. The van der Waals surface area contributed by atoms with Gasteiger partial charge in [0.05, 0.1) is 29.4 Å². The van der Waals surface area contributed by atoms with Crippen molar-refractivity contribution in [3.05, 3.63) is 16.4 Å². The summed E-state index contributed by atoms with van der Waals surface area (Å²) in [7, 11) is 0. The van der Waals surface area contributed by atoms with Crippen LogP contribution in [-0.4, -0.2) is 34.4 Å². The number of carbonyl (C=O) groups is 1. The normalized spacial score (nSPS) is 19.8. The number of aryl methyl sites for hydroxylation is 1. The van der Waals surface area contributed by atoms with Gasteiger partial charge in [0, 0.05) is 13.0 Å². The van der Waals surface area contributed by atoms with Gasteiger partial charge >= 0.3 is 6.18 Å². The van der Waals surface area contributed by atoms with Gasteiger partial charge in [-0.3, -0.25) is 9.48 Å². The highest BCUT2D eigenvalue weighted by molar-refractivity contribution is 6.31. The number of aromatic nitrogens is 2. The SMILES string of the molecule is Cc1c(Cl)c(C(F)(F)F)nn1CCC(=O)NC(C)C1CCCO1. The molecule has 1 aliphatic rings. The Balaban J connectivity index is 1.91. The van der Waals surface area contributed by atoms with E-state index >= 15 is 0 Å². The maximum atomic E-state index is 12.7. The lowest BCUT2D eigenvalue weighted by Crippen LogP contribution is -2.41. The zero-order chi connectivity index (χ0) is 17.2. The maximum Gasteiger partial charge on any atom is 0.436 e. The quantitative estimate of drug-likeness (QED) is 0.885. The third-order valence-electron chi connectivity index (χ3n) is 3.86. The van der Waals surface area contributed by atoms with Crippen molar-refractivity contribution < 1.29 is 22.7 Å². The molecule has 2 heterocycles. The van der Waals surface area contributed by atoms with E-state index < -0.39 is 16.9 Å². The van der Waals surface area contributed by atoms with Crippen LogP contribution in [0.4, 0.5) is 13.2 Å². The fourth-order valence-electron chi connectivity index (χ4n) is 2.55. The number of hydrogen-bond acceptors (Lipinski definition) is 3. The summed E-state index contributed by atoms with van der Waals surface area (Å²) < 4.78 is 44.8. The van der Waals surface area contributed by atoms with Crippen molar-refractivity contribution in [1.82, 2.24) is 15.1 Å². The van der Waals surface area contributed by atoms with E-state index in [1.807, 2.05) is 6.92 Å². The lowest BCUT2D eigenvalue weighted by molar-refractivity contribution is -0.141. The molecule has 2 atom stereocenters. The second-order valence-electron chi connectivity index (χ2n) is 5.63. The molecule has 1 saturated heterocycles. The zero-order valence-electron chi connectivity index (χ0n) is 12.9. The number of nitrogens with zero attached hydrogens (tertiary/aromatic N) is 2. The van der Waals surface area contributed by atoms with Crippen LogP contribution < -0.4 is 5.32 Å². The van der Waals surface area contributed by atoms with Gasteiger partial charge < -0.3 is 10.1 Å². The number of halogens is 4. The van der Waals surface area contributed by atoms with Crippen molar-refractivity contribution in [3.8, 4) is 0 Å². The van der Waals surface area contributed by atoms with Crippen LogP contribution in [-0.2, 0) is 22.3 Å². The maximum absolute atomic E-state index is 12.7. The first kappa shape index (κ1) is 18.1. The fraction of sp³-hybridized carbons (Fsp3) is 0.714. The minimum atomic E-state index is -4.61. The molecule has 0 radical (unpaired) electrons. The molecule has 1 aromatic rings. The van der Waals surface area contributed by atoms with Crippen LogP contribution in [0, 0.1) is 6.92 Å². The van der Waals surface area contributed by atoms with Gasteiger partial charge in [0.2, 0.25) is 5.91 Å². The van der Waals surface area contributed by atoms with Crippen LogP contribution >= 0.6 is 11.6 Å². The van der Waals surface area contributed by atoms with Gasteiger partial charge in [-0.15, -0.1) is 0 Å². The van der Waals surface area contributed by atoms with E-state index in [1.54, 1.807) is 0 Å². The Morgan fingerprint density at radius 2 is 2.26 bits per heavy atom.